The first kappa shape index (κ1) is 11.6. The first-order valence-corrected chi connectivity index (χ1v) is 5.26. The summed E-state index contributed by atoms with van der Waals surface area (Å²) in [4.78, 5) is 15.1. The molecule has 0 amide bonds. The SMILES string of the molecule is Cn1cc(CC(C)(O)C(=O)O)c2cccnc21. The zero-order valence-corrected chi connectivity index (χ0v) is 9.71. The van der Waals surface area contributed by atoms with E-state index in [9.17, 15) is 9.90 Å². The Morgan fingerprint density at radius 2 is 2.29 bits per heavy atom. The number of nitrogens with zero attached hydrogens (tertiary/aromatic N) is 2. The number of hydrogen-bond acceptors (Lipinski definition) is 3. The van der Waals surface area contributed by atoms with Crippen molar-refractivity contribution in [3.8, 4) is 0 Å². The molecule has 0 saturated carbocycles. The number of aliphatic carboxylic acids is 1. The van der Waals surface area contributed by atoms with Crippen molar-refractivity contribution in [3.63, 3.8) is 0 Å². The molecule has 17 heavy (non-hydrogen) atoms. The fraction of sp³-hybridized carbons (Fsp3) is 0.333. The maximum absolute atomic E-state index is 10.9. The molecule has 5 heteroatoms. The lowest BCUT2D eigenvalue weighted by atomic mass is 9.97. The second-order valence-corrected chi connectivity index (χ2v) is 4.40. The van der Waals surface area contributed by atoms with Gasteiger partial charge in [-0.05, 0) is 24.6 Å². The summed E-state index contributed by atoms with van der Waals surface area (Å²) in [6.07, 6.45) is 3.54. The molecule has 2 N–H and O–H groups in total. The van der Waals surface area contributed by atoms with Gasteiger partial charge in [0.05, 0.1) is 0 Å². The molecule has 0 saturated heterocycles. The molecular formula is C12H14N2O3. The number of aryl methyl sites for hydroxylation is 1. The van der Waals surface area contributed by atoms with Gasteiger partial charge in [0.2, 0.25) is 0 Å². The van der Waals surface area contributed by atoms with Gasteiger partial charge in [-0.3, -0.25) is 0 Å². The minimum Gasteiger partial charge on any atom is -0.479 e. The first-order valence-electron chi connectivity index (χ1n) is 5.26. The van der Waals surface area contributed by atoms with Crippen LogP contribution in [0.2, 0.25) is 0 Å². The third kappa shape index (κ3) is 2.01. The van der Waals surface area contributed by atoms with Crippen molar-refractivity contribution >= 4 is 17.0 Å². The van der Waals surface area contributed by atoms with Gasteiger partial charge in [0.25, 0.3) is 0 Å². The summed E-state index contributed by atoms with van der Waals surface area (Å²) < 4.78 is 1.82. The normalized spacial score (nSPS) is 14.8. The Labute approximate surface area is 98.3 Å². The summed E-state index contributed by atoms with van der Waals surface area (Å²) >= 11 is 0. The van der Waals surface area contributed by atoms with Gasteiger partial charge in [-0.25, -0.2) is 9.78 Å². The smallest absolute Gasteiger partial charge is 0.335 e. The van der Waals surface area contributed by atoms with E-state index in [1.165, 1.54) is 6.92 Å². The largest absolute Gasteiger partial charge is 0.479 e. The molecule has 0 aliphatic heterocycles. The van der Waals surface area contributed by atoms with Gasteiger partial charge >= 0.3 is 5.97 Å². The average molecular weight is 234 g/mol. The van der Waals surface area contributed by atoms with Crippen LogP contribution >= 0.6 is 0 Å². The standard InChI is InChI=1S/C12H14N2O3/c1-12(17,11(15)16)6-8-7-14(2)10-9(8)4-3-5-13-10/h3-5,7,17H,6H2,1-2H3,(H,15,16). The molecule has 0 aliphatic rings. The highest BCUT2D eigenvalue weighted by Crippen LogP contribution is 2.23. The number of hydrogen-bond donors (Lipinski definition) is 2. The quantitative estimate of drug-likeness (QED) is 0.829. The van der Waals surface area contributed by atoms with Crippen LogP contribution in [0.25, 0.3) is 11.0 Å². The van der Waals surface area contributed by atoms with E-state index >= 15 is 0 Å². The Hall–Kier alpha value is -1.88. The van der Waals surface area contributed by atoms with E-state index in [0.717, 1.165) is 16.6 Å². The summed E-state index contributed by atoms with van der Waals surface area (Å²) in [5.41, 5.74) is -0.198. The Bertz CT molecular complexity index is 572. The van der Waals surface area contributed by atoms with Gasteiger partial charge in [0.1, 0.15) is 5.65 Å². The molecule has 5 nitrogen and oxygen atoms in total. The predicted octanol–water partition coefficient (Wildman–Crippen LogP) is 0.951. The molecule has 2 rings (SSSR count). The fourth-order valence-corrected chi connectivity index (χ4v) is 1.88. The Balaban J connectivity index is 2.47. The third-order valence-electron chi connectivity index (χ3n) is 2.81. The van der Waals surface area contributed by atoms with Crippen LogP contribution in [0.3, 0.4) is 0 Å². The van der Waals surface area contributed by atoms with Crippen LogP contribution in [0.15, 0.2) is 24.5 Å². The van der Waals surface area contributed by atoms with Crippen LogP contribution in [-0.4, -0.2) is 31.3 Å². The molecule has 0 bridgehead atoms. The van der Waals surface area contributed by atoms with Crippen molar-refractivity contribution < 1.29 is 15.0 Å². The van der Waals surface area contributed by atoms with Crippen molar-refractivity contribution in [1.82, 2.24) is 9.55 Å². The zero-order chi connectivity index (χ0) is 12.6. The van der Waals surface area contributed by atoms with E-state index in [-0.39, 0.29) is 6.42 Å². The van der Waals surface area contributed by atoms with E-state index in [1.54, 1.807) is 18.5 Å². The highest BCUT2D eigenvalue weighted by Gasteiger charge is 2.31. The molecule has 90 valence electrons. The molecule has 0 spiro atoms. The van der Waals surface area contributed by atoms with Crippen molar-refractivity contribution in [2.45, 2.75) is 18.9 Å². The molecular weight excluding hydrogens is 220 g/mol. The monoisotopic (exact) mass is 234 g/mol. The summed E-state index contributed by atoms with van der Waals surface area (Å²) in [5.74, 6) is -1.22. The number of fused-ring (bicyclic) bond motifs is 1. The molecule has 0 aromatic carbocycles. The van der Waals surface area contributed by atoms with Gasteiger partial charge in [-0.2, -0.15) is 0 Å². The molecule has 2 aromatic rings. The number of carbonyl (C=O) groups is 1. The van der Waals surface area contributed by atoms with Crippen molar-refractivity contribution in [2.75, 3.05) is 0 Å². The van der Waals surface area contributed by atoms with Gasteiger partial charge < -0.3 is 14.8 Å². The maximum Gasteiger partial charge on any atom is 0.335 e. The van der Waals surface area contributed by atoms with Crippen LogP contribution in [0.4, 0.5) is 0 Å². The third-order valence-corrected chi connectivity index (χ3v) is 2.81. The van der Waals surface area contributed by atoms with Gasteiger partial charge in [-0.1, -0.05) is 0 Å². The van der Waals surface area contributed by atoms with Crippen molar-refractivity contribution in [3.05, 3.63) is 30.1 Å². The average Bonchev–Trinajstić information content (AvgIpc) is 2.56. The van der Waals surface area contributed by atoms with Crippen LogP contribution in [-0.2, 0) is 18.3 Å². The fourth-order valence-electron chi connectivity index (χ4n) is 1.88. The number of pyridine rings is 1. The lowest BCUT2D eigenvalue weighted by Crippen LogP contribution is -2.37. The number of aliphatic hydroxyl groups is 1. The molecule has 0 fully saturated rings. The lowest BCUT2D eigenvalue weighted by Gasteiger charge is -2.16. The minimum absolute atomic E-state index is 0.0609. The highest BCUT2D eigenvalue weighted by atomic mass is 16.4. The summed E-state index contributed by atoms with van der Waals surface area (Å²) in [6.45, 7) is 1.30. The molecule has 0 radical (unpaired) electrons. The summed E-state index contributed by atoms with van der Waals surface area (Å²) in [6, 6.07) is 3.66. The highest BCUT2D eigenvalue weighted by molar-refractivity contribution is 5.83. The summed E-state index contributed by atoms with van der Waals surface area (Å²) in [7, 11) is 1.84. The maximum atomic E-state index is 10.9. The zero-order valence-electron chi connectivity index (χ0n) is 9.71. The first-order chi connectivity index (χ1) is 7.92. The Morgan fingerprint density at radius 1 is 1.59 bits per heavy atom. The summed E-state index contributed by atoms with van der Waals surface area (Å²) in [5, 5.41) is 19.6. The van der Waals surface area contributed by atoms with Crippen LogP contribution in [0.1, 0.15) is 12.5 Å². The van der Waals surface area contributed by atoms with E-state index in [4.69, 9.17) is 5.11 Å². The van der Waals surface area contributed by atoms with E-state index in [0.29, 0.717) is 0 Å². The van der Waals surface area contributed by atoms with E-state index < -0.39 is 11.6 Å². The van der Waals surface area contributed by atoms with Crippen LogP contribution in [0, 0.1) is 0 Å². The number of aromatic nitrogens is 2. The van der Waals surface area contributed by atoms with Crippen molar-refractivity contribution in [1.29, 1.82) is 0 Å². The second kappa shape index (κ2) is 3.85. The molecule has 0 aliphatic carbocycles. The number of carboxylic acid groups (broad SMARTS) is 1. The molecule has 1 atom stereocenters. The predicted molar refractivity (Wildman–Crippen MR) is 62.7 cm³/mol. The minimum atomic E-state index is -1.76. The Morgan fingerprint density at radius 3 is 2.94 bits per heavy atom. The van der Waals surface area contributed by atoms with Crippen LogP contribution < -0.4 is 0 Å². The van der Waals surface area contributed by atoms with E-state index in [2.05, 4.69) is 4.98 Å². The topological polar surface area (TPSA) is 75.4 Å². The lowest BCUT2D eigenvalue weighted by molar-refractivity contribution is -0.156. The van der Waals surface area contributed by atoms with Gasteiger partial charge in [0, 0.05) is 31.2 Å². The number of rotatable bonds is 3. The molecule has 2 aromatic heterocycles. The van der Waals surface area contributed by atoms with E-state index in [1.807, 2.05) is 17.7 Å². The molecule has 2 heterocycles. The van der Waals surface area contributed by atoms with Crippen molar-refractivity contribution in [2.24, 2.45) is 7.05 Å². The van der Waals surface area contributed by atoms with Gasteiger partial charge in [0.15, 0.2) is 5.60 Å². The van der Waals surface area contributed by atoms with Crippen LogP contribution in [0.5, 0.6) is 0 Å². The molecule has 1 unspecified atom stereocenters. The Kier molecular flexibility index (Phi) is 2.63. The van der Waals surface area contributed by atoms with Gasteiger partial charge in [-0.15, -0.1) is 0 Å². The second-order valence-electron chi connectivity index (χ2n) is 4.40. The number of carboxylic acids is 1.